The SMILES string of the molecule is C=C(C)C(=O)OCCOCCOCCO.O. The molecule has 0 aliphatic carbocycles. The molecule has 0 aromatic heterocycles. The Morgan fingerprint density at radius 3 is 2.12 bits per heavy atom. The Morgan fingerprint density at radius 1 is 1.12 bits per heavy atom. The van der Waals surface area contributed by atoms with E-state index in [1.54, 1.807) is 6.92 Å². The fraction of sp³-hybridized carbons (Fsp3) is 0.700. The molecule has 0 bridgehead atoms. The summed E-state index contributed by atoms with van der Waals surface area (Å²) in [5.74, 6) is -0.407. The van der Waals surface area contributed by atoms with Gasteiger partial charge in [-0.25, -0.2) is 4.79 Å². The molecule has 0 amide bonds. The Hall–Kier alpha value is -0.950. The molecule has 0 unspecified atom stereocenters. The molecule has 6 nitrogen and oxygen atoms in total. The maximum atomic E-state index is 10.9. The van der Waals surface area contributed by atoms with Gasteiger partial charge < -0.3 is 24.8 Å². The Balaban J connectivity index is 0. The molecule has 0 radical (unpaired) electrons. The van der Waals surface area contributed by atoms with Gasteiger partial charge in [0.2, 0.25) is 0 Å². The van der Waals surface area contributed by atoms with E-state index in [2.05, 4.69) is 6.58 Å². The van der Waals surface area contributed by atoms with Gasteiger partial charge in [-0.2, -0.15) is 0 Å². The summed E-state index contributed by atoms with van der Waals surface area (Å²) < 4.78 is 14.8. The van der Waals surface area contributed by atoms with Crippen LogP contribution in [0.2, 0.25) is 0 Å². The molecule has 96 valence electrons. The standard InChI is InChI=1S/C10H18O5.H2O/c1-9(2)10(12)15-8-7-14-6-5-13-4-3-11;/h11H,1,3-8H2,2H3;1H2. The zero-order valence-corrected chi connectivity index (χ0v) is 9.53. The van der Waals surface area contributed by atoms with Crippen LogP contribution in [0.1, 0.15) is 6.92 Å². The molecule has 0 aromatic carbocycles. The van der Waals surface area contributed by atoms with Crippen LogP contribution in [-0.2, 0) is 19.0 Å². The lowest BCUT2D eigenvalue weighted by atomic mass is 10.4. The normalized spacial score (nSPS) is 9.38. The van der Waals surface area contributed by atoms with Gasteiger partial charge in [0.15, 0.2) is 0 Å². The zero-order chi connectivity index (χ0) is 11.5. The van der Waals surface area contributed by atoms with Crippen LogP contribution in [0, 0.1) is 0 Å². The Bertz CT molecular complexity index is 192. The van der Waals surface area contributed by atoms with Gasteiger partial charge in [0, 0.05) is 5.57 Å². The number of esters is 1. The number of ether oxygens (including phenoxy) is 3. The van der Waals surface area contributed by atoms with Gasteiger partial charge in [-0.1, -0.05) is 6.58 Å². The van der Waals surface area contributed by atoms with E-state index in [-0.39, 0.29) is 18.7 Å². The van der Waals surface area contributed by atoms with Gasteiger partial charge in [-0.3, -0.25) is 0 Å². The Morgan fingerprint density at radius 2 is 1.62 bits per heavy atom. The molecule has 0 spiro atoms. The van der Waals surface area contributed by atoms with Crippen molar-refractivity contribution in [2.45, 2.75) is 6.92 Å². The minimum Gasteiger partial charge on any atom is -0.460 e. The van der Waals surface area contributed by atoms with Crippen molar-refractivity contribution in [2.75, 3.05) is 39.6 Å². The number of rotatable bonds is 9. The number of carbonyl (C=O) groups is 1. The molecule has 0 aromatic rings. The van der Waals surface area contributed by atoms with Crippen molar-refractivity contribution in [3.8, 4) is 0 Å². The predicted octanol–water partition coefficient (Wildman–Crippen LogP) is -0.693. The van der Waals surface area contributed by atoms with Crippen LogP contribution in [0.25, 0.3) is 0 Å². The van der Waals surface area contributed by atoms with Gasteiger partial charge in [0.25, 0.3) is 0 Å². The summed E-state index contributed by atoms with van der Waals surface area (Å²) in [4.78, 5) is 10.9. The molecule has 0 saturated carbocycles. The maximum Gasteiger partial charge on any atom is 0.333 e. The van der Waals surface area contributed by atoms with Gasteiger partial charge in [-0.05, 0) is 6.92 Å². The largest absolute Gasteiger partial charge is 0.460 e. The topological polar surface area (TPSA) is 96.5 Å². The fourth-order valence-electron chi connectivity index (χ4n) is 0.703. The summed E-state index contributed by atoms with van der Waals surface area (Å²) in [6, 6.07) is 0. The van der Waals surface area contributed by atoms with Crippen LogP contribution in [0.4, 0.5) is 0 Å². The molecule has 0 atom stereocenters. The van der Waals surface area contributed by atoms with Crippen molar-refractivity contribution in [1.82, 2.24) is 0 Å². The highest BCUT2D eigenvalue weighted by Crippen LogP contribution is 1.91. The summed E-state index contributed by atoms with van der Waals surface area (Å²) in [6.45, 7) is 6.75. The molecule has 0 fully saturated rings. The summed E-state index contributed by atoms with van der Waals surface area (Å²) in [5.41, 5.74) is 0.376. The van der Waals surface area contributed by atoms with Crippen molar-refractivity contribution < 1.29 is 29.6 Å². The van der Waals surface area contributed by atoms with Crippen LogP contribution in [0.3, 0.4) is 0 Å². The Kier molecular flexibility index (Phi) is 13.2. The van der Waals surface area contributed by atoms with Crippen molar-refractivity contribution >= 4 is 5.97 Å². The van der Waals surface area contributed by atoms with E-state index in [9.17, 15) is 4.79 Å². The lowest BCUT2D eigenvalue weighted by Crippen LogP contribution is -2.13. The van der Waals surface area contributed by atoms with E-state index in [1.165, 1.54) is 0 Å². The summed E-state index contributed by atoms with van der Waals surface area (Å²) in [7, 11) is 0. The Labute approximate surface area is 95.1 Å². The minimum absolute atomic E-state index is 0. The average molecular weight is 236 g/mol. The first kappa shape index (κ1) is 17.4. The fourth-order valence-corrected chi connectivity index (χ4v) is 0.703. The molecule has 6 heteroatoms. The molecular weight excluding hydrogens is 216 g/mol. The molecule has 0 aliphatic heterocycles. The molecule has 0 aliphatic rings. The van der Waals surface area contributed by atoms with Crippen LogP contribution < -0.4 is 0 Å². The van der Waals surface area contributed by atoms with Gasteiger partial charge in [0.05, 0.1) is 33.0 Å². The van der Waals surface area contributed by atoms with Crippen molar-refractivity contribution in [3.63, 3.8) is 0 Å². The van der Waals surface area contributed by atoms with Crippen LogP contribution in [0.5, 0.6) is 0 Å². The molecule has 0 heterocycles. The smallest absolute Gasteiger partial charge is 0.333 e. The van der Waals surface area contributed by atoms with E-state index >= 15 is 0 Å². The number of aliphatic hydroxyl groups excluding tert-OH is 1. The minimum atomic E-state index is -0.407. The van der Waals surface area contributed by atoms with Crippen LogP contribution in [-0.4, -0.2) is 56.2 Å². The second-order valence-electron chi connectivity index (χ2n) is 2.86. The highest BCUT2D eigenvalue weighted by molar-refractivity contribution is 5.86. The molecular formula is C10H20O6. The number of hydrogen-bond acceptors (Lipinski definition) is 5. The van der Waals surface area contributed by atoms with Crippen molar-refractivity contribution in [1.29, 1.82) is 0 Å². The van der Waals surface area contributed by atoms with Crippen LogP contribution >= 0.6 is 0 Å². The monoisotopic (exact) mass is 236 g/mol. The first-order valence-corrected chi connectivity index (χ1v) is 4.77. The zero-order valence-electron chi connectivity index (χ0n) is 9.53. The highest BCUT2D eigenvalue weighted by atomic mass is 16.6. The van der Waals surface area contributed by atoms with E-state index in [0.29, 0.717) is 32.0 Å². The van der Waals surface area contributed by atoms with Gasteiger partial charge >= 0.3 is 5.97 Å². The second-order valence-corrected chi connectivity index (χ2v) is 2.86. The highest BCUT2D eigenvalue weighted by Gasteiger charge is 2.01. The van der Waals surface area contributed by atoms with Crippen LogP contribution in [0.15, 0.2) is 12.2 Å². The average Bonchev–Trinajstić information content (AvgIpc) is 2.21. The summed E-state index contributed by atoms with van der Waals surface area (Å²) in [5, 5.41) is 8.39. The summed E-state index contributed by atoms with van der Waals surface area (Å²) >= 11 is 0. The van der Waals surface area contributed by atoms with E-state index in [1.807, 2.05) is 0 Å². The van der Waals surface area contributed by atoms with Crippen molar-refractivity contribution in [3.05, 3.63) is 12.2 Å². The predicted molar refractivity (Wildman–Crippen MR) is 58.1 cm³/mol. The van der Waals surface area contributed by atoms with Gasteiger partial charge in [0.1, 0.15) is 6.61 Å². The summed E-state index contributed by atoms with van der Waals surface area (Å²) in [6.07, 6.45) is 0. The third kappa shape index (κ3) is 11.1. The van der Waals surface area contributed by atoms with Crippen molar-refractivity contribution in [2.24, 2.45) is 0 Å². The first-order valence-electron chi connectivity index (χ1n) is 4.77. The third-order valence-corrected chi connectivity index (χ3v) is 1.42. The lowest BCUT2D eigenvalue weighted by Gasteiger charge is -2.05. The third-order valence-electron chi connectivity index (χ3n) is 1.42. The first-order chi connectivity index (χ1) is 7.18. The molecule has 16 heavy (non-hydrogen) atoms. The van der Waals surface area contributed by atoms with E-state index < -0.39 is 5.97 Å². The second kappa shape index (κ2) is 12.1. The van der Waals surface area contributed by atoms with E-state index in [0.717, 1.165) is 0 Å². The molecule has 0 rings (SSSR count). The van der Waals surface area contributed by atoms with E-state index in [4.69, 9.17) is 19.3 Å². The van der Waals surface area contributed by atoms with Gasteiger partial charge in [-0.15, -0.1) is 0 Å². The molecule has 3 N–H and O–H groups in total. The quantitative estimate of drug-likeness (QED) is 0.324. The molecule has 0 saturated heterocycles. The maximum absolute atomic E-state index is 10.9. The lowest BCUT2D eigenvalue weighted by molar-refractivity contribution is -0.140. The number of carbonyl (C=O) groups excluding carboxylic acids is 1. The number of hydrogen-bond donors (Lipinski definition) is 1. The number of aliphatic hydroxyl groups is 1.